The number of nitrogens with one attached hydrogen (secondary N) is 1. The normalized spacial score (nSPS) is 31.6. The molecule has 3 nitrogen and oxygen atoms in total. The van der Waals surface area contributed by atoms with E-state index in [9.17, 15) is 4.79 Å². The van der Waals surface area contributed by atoms with Crippen molar-refractivity contribution in [3.05, 3.63) is 34.3 Å². The first-order valence-corrected chi connectivity index (χ1v) is 7.19. The van der Waals surface area contributed by atoms with E-state index in [1.807, 2.05) is 18.0 Å². The molecule has 96 valence electrons. The van der Waals surface area contributed by atoms with Gasteiger partial charge in [0.2, 0.25) is 5.91 Å². The summed E-state index contributed by atoms with van der Waals surface area (Å²) in [4.78, 5) is 14.1. The molecule has 2 atom stereocenters. The first-order valence-electron chi connectivity index (χ1n) is 6.39. The Morgan fingerprint density at radius 3 is 2.94 bits per heavy atom. The SMILES string of the molecule is CN1CCC2(CCC(c3cccc(Br)c3)N2)C1=O. The molecule has 0 saturated carbocycles. The van der Waals surface area contributed by atoms with E-state index in [1.54, 1.807) is 0 Å². The molecule has 2 unspecified atom stereocenters. The van der Waals surface area contributed by atoms with Crippen LogP contribution in [-0.4, -0.2) is 29.9 Å². The molecule has 2 aliphatic heterocycles. The van der Waals surface area contributed by atoms with Crippen molar-refractivity contribution < 1.29 is 4.79 Å². The van der Waals surface area contributed by atoms with Gasteiger partial charge in [-0.1, -0.05) is 28.1 Å². The Hall–Kier alpha value is -0.870. The Balaban J connectivity index is 1.82. The van der Waals surface area contributed by atoms with Crippen molar-refractivity contribution in [2.24, 2.45) is 0 Å². The lowest BCUT2D eigenvalue weighted by atomic mass is 9.96. The number of likely N-dealkylation sites (N-methyl/N-ethyl adjacent to an activating group) is 1. The third-order valence-electron chi connectivity index (χ3n) is 4.19. The smallest absolute Gasteiger partial charge is 0.242 e. The lowest BCUT2D eigenvalue weighted by molar-refractivity contribution is -0.131. The Kier molecular flexibility index (Phi) is 2.94. The summed E-state index contributed by atoms with van der Waals surface area (Å²) in [6, 6.07) is 8.65. The van der Waals surface area contributed by atoms with Crippen molar-refractivity contribution in [3.63, 3.8) is 0 Å². The van der Waals surface area contributed by atoms with Gasteiger partial charge in [-0.05, 0) is 37.0 Å². The molecule has 0 aromatic heterocycles. The lowest BCUT2D eigenvalue weighted by Crippen LogP contribution is -2.47. The molecule has 0 bridgehead atoms. The average Bonchev–Trinajstić information content (AvgIpc) is 2.91. The van der Waals surface area contributed by atoms with E-state index < -0.39 is 0 Å². The van der Waals surface area contributed by atoms with Crippen LogP contribution in [0, 0.1) is 0 Å². The molecule has 2 fully saturated rings. The van der Waals surface area contributed by atoms with E-state index in [-0.39, 0.29) is 11.4 Å². The molecular weight excluding hydrogens is 292 g/mol. The average molecular weight is 309 g/mol. The highest BCUT2D eigenvalue weighted by molar-refractivity contribution is 9.10. The molecule has 2 aliphatic rings. The van der Waals surface area contributed by atoms with Crippen LogP contribution < -0.4 is 5.32 Å². The lowest BCUT2D eigenvalue weighted by Gasteiger charge is -2.23. The zero-order valence-electron chi connectivity index (χ0n) is 10.4. The maximum absolute atomic E-state index is 12.2. The maximum Gasteiger partial charge on any atom is 0.242 e. The highest BCUT2D eigenvalue weighted by Crippen LogP contribution is 2.39. The number of amides is 1. The largest absolute Gasteiger partial charge is 0.344 e. The number of carbonyl (C=O) groups is 1. The van der Waals surface area contributed by atoms with E-state index in [0.717, 1.165) is 30.3 Å². The van der Waals surface area contributed by atoms with Crippen LogP contribution in [0.3, 0.4) is 0 Å². The molecule has 1 aromatic rings. The molecule has 1 aromatic carbocycles. The Labute approximate surface area is 116 Å². The molecule has 1 N–H and O–H groups in total. The highest BCUT2D eigenvalue weighted by atomic mass is 79.9. The topological polar surface area (TPSA) is 32.3 Å². The standard InChI is InChI=1S/C14H17BrN2O/c1-17-8-7-14(13(17)18)6-5-12(16-14)10-3-2-4-11(15)9-10/h2-4,9,12,16H,5-8H2,1H3. The number of likely N-dealkylation sites (tertiary alicyclic amines) is 1. The van der Waals surface area contributed by atoms with Crippen LogP contribution in [0.1, 0.15) is 30.9 Å². The van der Waals surface area contributed by atoms with Crippen LogP contribution in [0.5, 0.6) is 0 Å². The van der Waals surface area contributed by atoms with Gasteiger partial charge in [0.1, 0.15) is 5.54 Å². The number of hydrogen-bond acceptors (Lipinski definition) is 2. The van der Waals surface area contributed by atoms with Crippen LogP contribution in [0.4, 0.5) is 0 Å². The fourth-order valence-corrected chi connectivity index (χ4v) is 3.56. The van der Waals surface area contributed by atoms with Crippen LogP contribution >= 0.6 is 15.9 Å². The summed E-state index contributed by atoms with van der Waals surface area (Å²) < 4.78 is 1.10. The summed E-state index contributed by atoms with van der Waals surface area (Å²) in [5.41, 5.74) is 0.977. The number of rotatable bonds is 1. The molecule has 2 heterocycles. The molecule has 1 amide bonds. The van der Waals surface area contributed by atoms with Crippen LogP contribution in [0.15, 0.2) is 28.7 Å². The maximum atomic E-state index is 12.2. The fourth-order valence-electron chi connectivity index (χ4n) is 3.14. The second-order valence-corrected chi connectivity index (χ2v) is 6.27. The second kappa shape index (κ2) is 4.35. The van der Waals surface area contributed by atoms with Gasteiger partial charge in [0.25, 0.3) is 0 Å². The van der Waals surface area contributed by atoms with E-state index in [2.05, 4.69) is 39.4 Å². The Bertz CT molecular complexity index is 490. The monoisotopic (exact) mass is 308 g/mol. The quantitative estimate of drug-likeness (QED) is 0.864. The van der Waals surface area contributed by atoms with Crippen LogP contribution in [-0.2, 0) is 4.79 Å². The Morgan fingerprint density at radius 1 is 1.44 bits per heavy atom. The van der Waals surface area contributed by atoms with Crippen molar-refractivity contribution in [1.82, 2.24) is 10.2 Å². The van der Waals surface area contributed by atoms with Gasteiger partial charge in [0.15, 0.2) is 0 Å². The zero-order valence-corrected chi connectivity index (χ0v) is 12.0. The predicted octanol–water partition coefficient (Wildman–Crippen LogP) is 2.47. The molecular formula is C14H17BrN2O. The van der Waals surface area contributed by atoms with Crippen molar-refractivity contribution in [3.8, 4) is 0 Å². The first kappa shape index (κ1) is 12.2. The highest BCUT2D eigenvalue weighted by Gasteiger charge is 2.49. The van der Waals surface area contributed by atoms with E-state index in [4.69, 9.17) is 0 Å². The van der Waals surface area contributed by atoms with E-state index >= 15 is 0 Å². The second-order valence-electron chi connectivity index (χ2n) is 5.35. The zero-order chi connectivity index (χ0) is 12.8. The molecule has 3 rings (SSSR count). The number of hydrogen-bond donors (Lipinski definition) is 1. The molecule has 0 aliphatic carbocycles. The van der Waals surface area contributed by atoms with E-state index in [0.29, 0.717) is 6.04 Å². The number of halogens is 1. The summed E-state index contributed by atoms with van der Waals surface area (Å²) in [5.74, 6) is 0.264. The molecule has 1 spiro atoms. The van der Waals surface area contributed by atoms with Gasteiger partial charge in [0.05, 0.1) is 0 Å². The number of benzene rings is 1. The van der Waals surface area contributed by atoms with Crippen molar-refractivity contribution in [2.75, 3.05) is 13.6 Å². The third-order valence-corrected chi connectivity index (χ3v) is 4.68. The van der Waals surface area contributed by atoms with Crippen molar-refractivity contribution in [2.45, 2.75) is 30.8 Å². The Morgan fingerprint density at radius 2 is 2.28 bits per heavy atom. The molecule has 2 saturated heterocycles. The van der Waals surface area contributed by atoms with Crippen molar-refractivity contribution >= 4 is 21.8 Å². The first-order chi connectivity index (χ1) is 8.61. The summed E-state index contributed by atoms with van der Waals surface area (Å²) in [6.45, 7) is 0.872. The minimum absolute atomic E-state index is 0.264. The van der Waals surface area contributed by atoms with E-state index in [1.165, 1.54) is 5.56 Å². The number of carbonyl (C=O) groups excluding carboxylic acids is 1. The van der Waals surface area contributed by atoms with Gasteiger partial charge in [-0.15, -0.1) is 0 Å². The van der Waals surface area contributed by atoms with Gasteiger partial charge in [0, 0.05) is 24.1 Å². The summed E-state index contributed by atoms with van der Waals surface area (Å²) >= 11 is 3.50. The molecule has 18 heavy (non-hydrogen) atoms. The molecule has 4 heteroatoms. The fraction of sp³-hybridized carbons (Fsp3) is 0.500. The third kappa shape index (κ3) is 1.88. The molecule has 0 radical (unpaired) electrons. The van der Waals surface area contributed by atoms with Crippen LogP contribution in [0.2, 0.25) is 0 Å². The van der Waals surface area contributed by atoms with Gasteiger partial charge < -0.3 is 4.90 Å². The minimum atomic E-state index is -0.290. The van der Waals surface area contributed by atoms with Gasteiger partial charge in [-0.3, -0.25) is 10.1 Å². The summed E-state index contributed by atoms with van der Waals surface area (Å²) in [5, 5.41) is 3.58. The van der Waals surface area contributed by atoms with Gasteiger partial charge >= 0.3 is 0 Å². The van der Waals surface area contributed by atoms with Crippen LogP contribution in [0.25, 0.3) is 0 Å². The van der Waals surface area contributed by atoms with Crippen molar-refractivity contribution in [1.29, 1.82) is 0 Å². The minimum Gasteiger partial charge on any atom is -0.344 e. The predicted molar refractivity (Wildman–Crippen MR) is 74.2 cm³/mol. The van der Waals surface area contributed by atoms with Gasteiger partial charge in [-0.2, -0.15) is 0 Å². The van der Waals surface area contributed by atoms with Gasteiger partial charge in [-0.25, -0.2) is 0 Å². The summed E-state index contributed by atoms with van der Waals surface area (Å²) in [7, 11) is 1.89. The summed E-state index contributed by atoms with van der Waals surface area (Å²) in [6.07, 6.45) is 2.93. The number of nitrogens with zero attached hydrogens (tertiary/aromatic N) is 1.